The van der Waals surface area contributed by atoms with Crippen LogP contribution in [0.1, 0.15) is 11.1 Å². The fourth-order valence-electron chi connectivity index (χ4n) is 3.87. The standard InChI is InChI=1S/C26H17Cl3N4O2S2/c27-19-7-3-1-5-15(19)13-32-14-16(18-6-2-4-8-22(18)32)11-23-24(34)33(26(36)37-23)31-25(35)30-17-9-10-20(28)21(29)12-17/h1-12,14H,13H2,(H2,30,31,35)/b23-11+. The van der Waals surface area contributed by atoms with Gasteiger partial charge in [0.15, 0.2) is 4.32 Å². The quantitative estimate of drug-likeness (QED) is 0.187. The Kier molecular flexibility index (Phi) is 7.46. The predicted octanol–water partition coefficient (Wildman–Crippen LogP) is 7.59. The SMILES string of the molecule is O=C(Nc1ccc(Cl)c(Cl)c1)NN1C(=O)/C(=C\c2cn(Cc3ccccc3Cl)c3ccccc23)SC1=S. The molecule has 0 radical (unpaired) electrons. The minimum Gasteiger partial charge on any atom is -0.342 e. The maximum atomic E-state index is 13.1. The number of thiocarbonyl (C=S) groups is 1. The summed E-state index contributed by atoms with van der Waals surface area (Å²) in [6, 6.07) is 19.6. The van der Waals surface area contributed by atoms with Gasteiger partial charge in [-0.05, 0) is 54.2 Å². The fourth-order valence-corrected chi connectivity index (χ4v) is 5.53. The van der Waals surface area contributed by atoms with Crippen molar-refractivity contribution in [2.45, 2.75) is 6.54 Å². The van der Waals surface area contributed by atoms with Crippen LogP contribution < -0.4 is 10.7 Å². The van der Waals surface area contributed by atoms with Crippen molar-refractivity contribution in [1.82, 2.24) is 15.0 Å². The molecule has 11 heteroatoms. The van der Waals surface area contributed by atoms with Gasteiger partial charge in [-0.15, -0.1) is 0 Å². The van der Waals surface area contributed by atoms with Gasteiger partial charge in [0.05, 0.1) is 15.0 Å². The summed E-state index contributed by atoms with van der Waals surface area (Å²) < 4.78 is 2.30. The van der Waals surface area contributed by atoms with Gasteiger partial charge in [0.1, 0.15) is 0 Å². The van der Waals surface area contributed by atoms with E-state index in [9.17, 15) is 9.59 Å². The number of para-hydroxylation sites is 1. The molecule has 37 heavy (non-hydrogen) atoms. The zero-order valence-electron chi connectivity index (χ0n) is 18.9. The van der Waals surface area contributed by atoms with Gasteiger partial charge in [-0.2, -0.15) is 5.01 Å². The number of benzene rings is 3. The Balaban J connectivity index is 1.37. The molecule has 1 saturated heterocycles. The van der Waals surface area contributed by atoms with Gasteiger partial charge in [0.2, 0.25) is 0 Å². The number of aromatic nitrogens is 1. The number of nitrogens with one attached hydrogen (secondary N) is 2. The number of carbonyl (C=O) groups excluding carboxylic acids is 2. The molecular weight excluding hydrogens is 571 g/mol. The number of hydrogen-bond acceptors (Lipinski definition) is 4. The lowest BCUT2D eigenvalue weighted by molar-refractivity contribution is -0.123. The van der Waals surface area contributed by atoms with E-state index < -0.39 is 11.9 Å². The molecule has 5 rings (SSSR count). The first kappa shape index (κ1) is 25.6. The Labute approximate surface area is 237 Å². The molecule has 3 aromatic carbocycles. The highest BCUT2D eigenvalue weighted by Crippen LogP contribution is 2.34. The molecule has 0 unspecified atom stereocenters. The minimum atomic E-state index is -0.646. The average molecular weight is 588 g/mol. The molecular formula is C26H17Cl3N4O2S2. The highest BCUT2D eigenvalue weighted by atomic mass is 35.5. The Bertz CT molecular complexity index is 1600. The number of anilines is 1. The number of fused-ring (bicyclic) bond motifs is 1. The zero-order valence-corrected chi connectivity index (χ0v) is 22.8. The maximum Gasteiger partial charge on any atom is 0.338 e. The number of hydrazine groups is 1. The van der Waals surface area contributed by atoms with Gasteiger partial charge in [-0.3, -0.25) is 4.79 Å². The number of nitrogens with zero attached hydrogens (tertiary/aromatic N) is 2. The second kappa shape index (κ2) is 10.8. The van der Waals surface area contributed by atoms with Crippen LogP contribution in [0.2, 0.25) is 15.1 Å². The summed E-state index contributed by atoms with van der Waals surface area (Å²) in [6.07, 6.45) is 3.76. The van der Waals surface area contributed by atoms with Crippen LogP contribution in [0.5, 0.6) is 0 Å². The van der Waals surface area contributed by atoms with Crippen molar-refractivity contribution >= 4 is 97.7 Å². The van der Waals surface area contributed by atoms with Crippen LogP contribution in [-0.2, 0) is 11.3 Å². The summed E-state index contributed by atoms with van der Waals surface area (Å²) in [5.74, 6) is -0.428. The topological polar surface area (TPSA) is 66.4 Å². The molecule has 0 spiro atoms. The molecule has 186 valence electrons. The highest BCUT2D eigenvalue weighted by Gasteiger charge is 2.34. The highest BCUT2D eigenvalue weighted by molar-refractivity contribution is 8.26. The number of carbonyl (C=O) groups is 2. The minimum absolute atomic E-state index is 0.209. The molecule has 0 aliphatic carbocycles. The molecule has 0 saturated carbocycles. The van der Waals surface area contributed by atoms with E-state index >= 15 is 0 Å². The molecule has 6 nitrogen and oxygen atoms in total. The van der Waals surface area contributed by atoms with Crippen LogP contribution in [0.3, 0.4) is 0 Å². The number of thioether (sulfide) groups is 1. The van der Waals surface area contributed by atoms with Gasteiger partial charge in [0, 0.05) is 39.9 Å². The van der Waals surface area contributed by atoms with Gasteiger partial charge < -0.3 is 9.88 Å². The van der Waals surface area contributed by atoms with Crippen molar-refractivity contribution in [3.05, 3.63) is 104 Å². The second-order valence-electron chi connectivity index (χ2n) is 8.03. The second-order valence-corrected chi connectivity index (χ2v) is 10.9. The van der Waals surface area contributed by atoms with Crippen LogP contribution in [0.15, 0.2) is 77.8 Å². The van der Waals surface area contributed by atoms with Crippen molar-refractivity contribution in [3.63, 3.8) is 0 Å². The van der Waals surface area contributed by atoms with Crippen LogP contribution in [0, 0.1) is 0 Å². The maximum absolute atomic E-state index is 13.1. The van der Waals surface area contributed by atoms with E-state index in [4.69, 9.17) is 47.0 Å². The largest absolute Gasteiger partial charge is 0.342 e. The summed E-state index contributed by atoms with van der Waals surface area (Å²) in [5.41, 5.74) is 5.75. The van der Waals surface area contributed by atoms with Crippen LogP contribution in [-0.4, -0.2) is 25.8 Å². The Morgan fingerprint density at radius 2 is 1.73 bits per heavy atom. The molecule has 1 aliphatic rings. The van der Waals surface area contributed by atoms with Crippen LogP contribution >= 0.6 is 58.8 Å². The Morgan fingerprint density at radius 1 is 0.973 bits per heavy atom. The Morgan fingerprint density at radius 3 is 2.51 bits per heavy atom. The number of urea groups is 1. The third kappa shape index (κ3) is 5.49. The lowest BCUT2D eigenvalue weighted by atomic mass is 10.1. The van der Waals surface area contributed by atoms with Crippen LogP contribution in [0.25, 0.3) is 17.0 Å². The summed E-state index contributed by atoms with van der Waals surface area (Å²) in [4.78, 5) is 26.0. The molecule has 0 atom stereocenters. The van der Waals surface area contributed by atoms with Gasteiger partial charge in [-0.25, -0.2) is 10.2 Å². The number of rotatable bonds is 5. The zero-order chi connectivity index (χ0) is 26.1. The monoisotopic (exact) mass is 586 g/mol. The summed E-state index contributed by atoms with van der Waals surface area (Å²) in [5, 5.41) is 5.97. The summed E-state index contributed by atoms with van der Waals surface area (Å²) in [6.45, 7) is 0.575. The fraction of sp³-hybridized carbons (Fsp3) is 0.0385. The van der Waals surface area contributed by atoms with E-state index in [-0.39, 0.29) is 4.32 Å². The molecule has 3 amide bonds. The van der Waals surface area contributed by atoms with Gasteiger partial charge in [0.25, 0.3) is 5.91 Å². The van der Waals surface area contributed by atoms with E-state index in [1.807, 2.05) is 54.7 Å². The lowest BCUT2D eigenvalue weighted by Gasteiger charge is -2.16. The smallest absolute Gasteiger partial charge is 0.338 e. The predicted molar refractivity (Wildman–Crippen MR) is 156 cm³/mol. The van der Waals surface area contributed by atoms with Crippen molar-refractivity contribution in [1.29, 1.82) is 0 Å². The van der Waals surface area contributed by atoms with E-state index in [2.05, 4.69) is 15.3 Å². The first-order valence-corrected chi connectivity index (χ1v) is 13.3. The molecule has 1 aromatic heterocycles. The number of hydrogen-bond donors (Lipinski definition) is 2. The first-order valence-electron chi connectivity index (χ1n) is 10.9. The van der Waals surface area contributed by atoms with E-state index in [0.29, 0.717) is 32.2 Å². The van der Waals surface area contributed by atoms with Crippen LogP contribution in [0.4, 0.5) is 10.5 Å². The third-order valence-corrected chi connectivity index (χ3v) is 8.00. The van der Waals surface area contributed by atoms with Gasteiger partial charge in [-0.1, -0.05) is 83.0 Å². The first-order chi connectivity index (χ1) is 17.8. The van der Waals surface area contributed by atoms with E-state index in [1.54, 1.807) is 18.2 Å². The average Bonchev–Trinajstić information content (AvgIpc) is 3.35. The molecule has 2 heterocycles. The van der Waals surface area contributed by atoms with Crippen molar-refractivity contribution in [3.8, 4) is 0 Å². The van der Waals surface area contributed by atoms with E-state index in [1.165, 1.54) is 6.07 Å². The number of amides is 3. The Hall–Kier alpha value is -3.01. The number of halogens is 3. The summed E-state index contributed by atoms with van der Waals surface area (Å²) in [7, 11) is 0. The van der Waals surface area contributed by atoms with Crippen molar-refractivity contribution < 1.29 is 9.59 Å². The normalized spacial score (nSPS) is 14.6. The summed E-state index contributed by atoms with van der Waals surface area (Å²) >= 11 is 24.8. The molecule has 0 bridgehead atoms. The molecule has 1 aliphatic heterocycles. The molecule has 1 fully saturated rings. The molecule has 2 N–H and O–H groups in total. The van der Waals surface area contributed by atoms with Crippen molar-refractivity contribution in [2.24, 2.45) is 0 Å². The lowest BCUT2D eigenvalue weighted by Crippen LogP contribution is -2.46. The van der Waals surface area contributed by atoms with E-state index in [0.717, 1.165) is 38.8 Å². The van der Waals surface area contributed by atoms with Crippen molar-refractivity contribution in [2.75, 3.05) is 5.32 Å². The molecule has 4 aromatic rings. The third-order valence-electron chi connectivity index (χ3n) is 5.59. The van der Waals surface area contributed by atoms with Gasteiger partial charge >= 0.3 is 6.03 Å².